The van der Waals surface area contributed by atoms with Gasteiger partial charge in [0, 0.05) is 19.9 Å². The van der Waals surface area contributed by atoms with Gasteiger partial charge in [-0.15, -0.1) is 0 Å². The molecule has 1 atom stereocenters. The topological polar surface area (TPSA) is 138 Å². The zero-order valence-corrected chi connectivity index (χ0v) is 14.6. The SMILES string of the molecule is COCCNS(=O)(=O)c1c[nH]c(C(=O)N[C@H](CC(C)C)C(=O)O)c1. The Kier molecular flexibility index (Phi) is 7.39. The van der Waals surface area contributed by atoms with Crippen molar-refractivity contribution in [2.45, 2.75) is 31.2 Å². The molecule has 0 fully saturated rings. The van der Waals surface area contributed by atoms with E-state index in [2.05, 4.69) is 15.0 Å². The first-order valence-corrected chi connectivity index (χ1v) is 8.86. The summed E-state index contributed by atoms with van der Waals surface area (Å²) in [5.41, 5.74) is -0.0304. The highest BCUT2D eigenvalue weighted by atomic mass is 32.2. The third kappa shape index (κ3) is 5.95. The molecule has 4 N–H and O–H groups in total. The van der Waals surface area contributed by atoms with Crippen LogP contribution < -0.4 is 10.0 Å². The zero-order valence-electron chi connectivity index (χ0n) is 13.8. The minimum atomic E-state index is -3.77. The van der Waals surface area contributed by atoms with E-state index in [4.69, 9.17) is 9.84 Å². The van der Waals surface area contributed by atoms with E-state index in [0.717, 1.165) is 6.07 Å². The number of carboxylic acid groups (broad SMARTS) is 1. The average Bonchev–Trinajstić information content (AvgIpc) is 2.96. The molecule has 1 aromatic heterocycles. The van der Waals surface area contributed by atoms with Crippen molar-refractivity contribution < 1.29 is 27.9 Å². The normalized spacial score (nSPS) is 13.0. The van der Waals surface area contributed by atoms with Crippen LogP contribution in [-0.2, 0) is 19.6 Å². The molecular weight excluding hydrogens is 338 g/mol. The van der Waals surface area contributed by atoms with E-state index in [1.54, 1.807) is 0 Å². The summed E-state index contributed by atoms with van der Waals surface area (Å²) in [7, 11) is -2.32. The molecule has 9 nitrogen and oxygen atoms in total. The van der Waals surface area contributed by atoms with E-state index in [9.17, 15) is 18.0 Å². The van der Waals surface area contributed by atoms with Gasteiger partial charge in [-0.2, -0.15) is 0 Å². The summed E-state index contributed by atoms with van der Waals surface area (Å²) in [6.45, 7) is 3.99. The van der Waals surface area contributed by atoms with Gasteiger partial charge >= 0.3 is 5.97 Å². The molecule has 0 spiro atoms. The molecule has 0 unspecified atom stereocenters. The van der Waals surface area contributed by atoms with Crippen molar-refractivity contribution in [2.24, 2.45) is 5.92 Å². The molecule has 0 aliphatic rings. The number of methoxy groups -OCH3 is 1. The predicted molar refractivity (Wildman–Crippen MR) is 86.2 cm³/mol. The van der Waals surface area contributed by atoms with Crippen LogP contribution in [0.4, 0.5) is 0 Å². The number of carbonyl (C=O) groups excluding carboxylic acids is 1. The maximum absolute atomic E-state index is 12.1. The molecule has 0 saturated heterocycles. The predicted octanol–water partition coefficient (Wildman–Crippen LogP) is 0.169. The lowest BCUT2D eigenvalue weighted by molar-refractivity contribution is -0.139. The number of nitrogens with one attached hydrogen (secondary N) is 3. The Morgan fingerprint density at radius 1 is 1.38 bits per heavy atom. The number of rotatable bonds is 10. The number of carboxylic acids is 1. The molecule has 24 heavy (non-hydrogen) atoms. The summed E-state index contributed by atoms with van der Waals surface area (Å²) >= 11 is 0. The first-order valence-electron chi connectivity index (χ1n) is 7.38. The van der Waals surface area contributed by atoms with Gasteiger partial charge in [0.05, 0.1) is 6.61 Å². The molecule has 1 heterocycles. The van der Waals surface area contributed by atoms with Crippen LogP contribution in [0, 0.1) is 5.92 Å². The quantitative estimate of drug-likeness (QED) is 0.438. The van der Waals surface area contributed by atoms with Crippen LogP contribution in [-0.4, -0.2) is 56.7 Å². The molecule has 0 aliphatic heterocycles. The van der Waals surface area contributed by atoms with Crippen molar-refractivity contribution in [3.8, 4) is 0 Å². The molecule has 0 saturated carbocycles. The maximum atomic E-state index is 12.1. The lowest BCUT2D eigenvalue weighted by atomic mass is 10.0. The number of ether oxygens (including phenoxy) is 1. The van der Waals surface area contributed by atoms with Crippen molar-refractivity contribution in [3.05, 3.63) is 18.0 Å². The number of hydrogen-bond acceptors (Lipinski definition) is 5. The monoisotopic (exact) mass is 361 g/mol. The van der Waals surface area contributed by atoms with E-state index in [-0.39, 0.29) is 36.1 Å². The van der Waals surface area contributed by atoms with Crippen molar-refractivity contribution >= 4 is 21.9 Å². The van der Waals surface area contributed by atoms with Gasteiger partial charge in [-0.3, -0.25) is 4.79 Å². The number of aliphatic carboxylic acids is 1. The number of H-pyrrole nitrogens is 1. The van der Waals surface area contributed by atoms with Crippen molar-refractivity contribution in [1.29, 1.82) is 0 Å². The lowest BCUT2D eigenvalue weighted by Gasteiger charge is -2.15. The van der Waals surface area contributed by atoms with Gasteiger partial charge in [0.15, 0.2) is 0 Å². The second-order valence-electron chi connectivity index (χ2n) is 5.63. The Labute approximate surface area is 140 Å². The van der Waals surface area contributed by atoms with E-state index < -0.39 is 27.9 Å². The summed E-state index contributed by atoms with van der Waals surface area (Å²) < 4.78 is 31.1. The van der Waals surface area contributed by atoms with Crippen molar-refractivity contribution in [2.75, 3.05) is 20.3 Å². The van der Waals surface area contributed by atoms with E-state index in [1.807, 2.05) is 13.8 Å². The highest BCUT2D eigenvalue weighted by Gasteiger charge is 2.24. The fraction of sp³-hybridized carbons (Fsp3) is 0.571. The van der Waals surface area contributed by atoms with Gasteiger partial charge in [0.2, 0.25) is 10.0 Å². The highest BCUT2D eigenvalue weighted by Crippen LogP contribution is 2.12. The van der Waals surface area contributed by atoms with Gasteiger partial charge in [0.25, 0.3) is 5.91 Å². The second-order valence-corrected chi connectivity index (χ2v) is 7.40. The molecule has 10 heteroatoms. The first-order chi connectivity index (χ1) is 11.2. The average molecular weight is 361 g/mol. The second kappa shape index (κ2) is 8.81. The Balaban J connectivity index is 2.80. The van der Waals surface area contributed by atoms with Crippen LogP contribution in [0.25, 0.3) is 0 Å². The molecule has 0 bridgehead atoms. The number of aromatic amines is 1. The van der Waals surface area contributed by atoms with E-state index >= 15 is 0 Å². The Bertz CT molecular complexity index is 668. The Morgan fingerprint density at radius 3 is 2.58 bits per heavy atom. The molecule has 0 radical (unpaired) electrons. The highest BCUT2D eigenvalue weighted by molar-refractivity contribution is 7.89. The van der Waals surface area contributed by atoms with Crippen LogP contribution >= 0.6 is 0 Å². The smallest absolute Gasteiger partial charge is 0.326 e. The number of sulfonamides is 1. The van der Waals surface area contributed by atoms with Gasteiger partial charge in [-0.05, 0) is 18.4 Å². The summed E-state index contributed by atoms with van der Waals surface area (Å²) in [6.07, 6.45) is 1.44. The van der Waals surface area contributed by atoms with Crippen molar-refractivity contribution in [1.82, 2.24) is 15.0 Å². The Morgan fingerprint density at radius 2 is 2.04 bits per heavy atom. The number of amides is 1. The fourth-order valence-corrected chi connectivity index (χ4v) is 2.96. The van der Waals surface area contributed by atoms with Gasteiger partial charge in [0.1, 0.15) is 16.6 Å². The molecule has 1 rings (SSSR count). The van der Waals surface area contributed by atoms with Gasteiger partial charge in [-0.25, -0.2) is 17.9 Å². The van der Waals surface area contributed by atoms with Crippen LogP contribution in [0.2, 0.25) is 0 Å². The van der Waals surface area contributed by atoms with Crippen LogP contribution in [0.5, 0.6) is 0 Å². The van der Waals surface area contributed by atoms with Gasteiger partial charge < -0.3 is 20.1 Å². The molecule has 1 amide bonds. The maximum Gasteiger partial charge on any atom is 0.326 e. The minimum Gasteiger partial charge on any atom is -0.480 e. The van der Waals surface area contributed by atoms with E-state index in [0.29, 0.717) is 0 Å². The van der Waals surface area contributed by atoms with E-state index in [1.165, 1.54) is 13.3 Å². The van der Waals surface area contributed by atoms with Crippen LogP contribution in [0.1, 0.15) is 30.8 Å². The third-order valence-electron chi connectivity index (χ3n) is 3.12. The summed E-state index contributed by atoms with van der Waals surface area (Å²) in [4.78, 5) is 25.7. The third-order valence-corrected chi connectivity index (χ3v) is 4.56. The lowest BCUT2D eigenvalue weighted by Crippen LogP contribution is -2.41. The molecule has 1 aromatic rings. The van der Waals surface area contributed by atoms with Crippen LogP contribution in [0.3, 0.4) is 0 Å². The zero-order chi connectivity index (χ0) is 18.3. The summed E-state index contributed by atoms with van der Waals surface area (Å²) in [5, 5.41) is 11.5. The molecular formula is C14H23N3O6S. The molecule has 136 valence electrons. The number of carbonyl (C=O) groups is 2. The van der Waals surface area contributed by atoms with Crippen LogP contribution in [0.15, 0.2) is 17.2 Å². The largest absolute Gasteiger partial charge is 0.480 e. The minimum absolute atomic E-state index is 0.0304. The first kappa shape index (κ1) is 20.1. The van der Waals surface area contributed by atoms with Gasteiger partial charge in [-0.1, -0.05) is 13.8 Å². The Hall–Kier alpha value is -1.91. The van der Waals surface area contributed by atoms with Crippen molar-refractivity contribution in [3.63, 3.8) is 0 Å². The standard InChI is InChI=1S/C14H23N3O6S/c1-9(2)6-12(14(19)20)17-13(18)11-7-10(8-15-11)24(21,22)16-4-5-23-3/h7-9,12,15-16H,4-6H2,1-3H3,(H,17,18)(H,19,20)/t12-/m1/s1. The molecule has 0 aliphatic carbocycles. The summed E-state index contributed by atoms with van der Waals surface area (Å²) in [5.74, 6) is -1.74. The molecule has 0 aromatic carbocycles. The number of aromatic nitrogens is 1. The fourth-order valence-electron chi connectivity index (χ4n) is 1.95. The number of hydrogen-bond donors (Lipinski definition) is 4. The summed E-state index contributed by atoms with van der Waals surface area (Å²) in [6, 6.07) is 0.111.